The molecular weight excluding hydrogens is 302 g/mol. The van der Waals surface area contributed by atoms with E-state index in [1.165, 1.54) is 11.1 Å². The van der Waals surface area contributed by atoms with Crippen molar-refractivity contribution in [2.75, 3.05) is 6.54 Å². The number of hydrogen-bond acceptors (Lipinski definition) is 2. The zero-order valence-electron chi connectivity index (χ0n) is 10.8. The highest BCUT2D eigenvalue weighted by Gasteiger charge is 1.96. The summed E-state index contributed by atoms with van der Waals surface area (Å²) in [6, 6.07) is 16.5. The summed E-state index contributed by atoms with van der Waals surface area (Å²) in [7, 11) is 0. The van der Waals surface area contributed by atoms with Crippen molar-refractivity contribution < 1.29 is 5.11 Å². The van der Waals surface area contributed by atoms with Gasteiger partial charge in [0, 0.05) is 11.0 Å². The predicted molar refractivity (Wildman–Crippen MR) is 81.9 cm³/mol. The van der Waals surface area contributed by atoms with Gasteiger partial charge in [-0.2, -0.15) is 0 Å². The van der Waals surface area contributed by atoms with Crippen LogP contribution in [-0.4, -0.2) is 11.7 Å². The van der Waals surface area contributed by atoms with Crippen LogP contribution in [0.1, 0.15) is 16.7 Å². The lowest BCUT2D eigenvalue weighted by molar-refractivity contribution is 0.282. The van der Waals surface area contributed by atoms with Crippen molar-refractivity contribution in [1.82, 2.24) is 5.32 Å². The minimum absolute atomic E-state index is 0.113. The number of aliphatic hydroxyl groups is 1. The van der Waals surface area contributed by atoms with Gasteiger partial charge < -0.3 is 10.4 Å². The maximum absolute atomic E-state index is 8.97. The van der Waals surface area contributed by atoms with Crippen LogP contribution in [0.4, 0.5) is 0 Å². The van der Waals surface area contributed by atoms with Crippen molar-refractivity contribution in [1.29, 1.82) is 0 Å². The topological polar surface area (TPSA) is 32.3 Å². The Balaban J connectivity index is 1.72. The van der Waals surface area contributed by atoms with Crippen LogP contribution in [0.3, 0.4) is 0 Å². The van der Waals surface area contributed by atoms with Gasteiger partial charge in [0.05, 0.1) is 6.61 Å². The van der Waals surface area contributed by atoms with Gasteiger partial charge in [-0.15, -0.1) is 0 Å². The van der Waals surface area contributed by atoms with E-state index >= 15 is 0 Å². The second kappa shape index (κ2) is 7.43. The molecule has 0 saturated heterocycles. The molecule has 2 nitrogen and oxygen atoms in total. The van der Waals surface area contributed by atoms with Crippen LogP contribution in [0, 0.1) is 0 Å². The number of aliphatic hydroxyl groups excluding tert-OH is 1. The van der Waals surface area contributed by atoms with Gasteiger partial charge >= 0.3 is 0 Å². The Morgan fingerprint density at radius 2 is 1.42 bits per heavy atom. The molecule has 0 amide bonds. The first kappa shape index (κ1) is 14.3. The monoisotopic (exact) mass is 319 g/mol. The third-order valence-electron chi connectivity index (χ3n) is 3.04. The summed E-state index contributed by atoms with van der Waals surface area (Å²) in [6.45, 7) is 1.96. The molecule has 0 unspecified atom stereocenters. The van der Waals surface area contributed by atoms with Gasteiger partial charge in [-0.1, -0.05) is 52.3 Å². The van der Waals surface area contributed by atoms with E-state index in [0.717, 1.165) is 29.5 Å². The molecule has 100 valence electrons. The highest BCUT2D eigenvalue weighted by molar-refractivity contribution is 9.10. The highest BCUT2D eigenvalue weighted by atomic mass is 79.9. The Bertz CT molecular complexity index is 493. The Morgan fingerprint density at radius 3 is 2.05 bits per heavy atom. The fourth-order valence-corrected chi connectivity index (χ4v) is 2.14. The molecule has 0 saturated carbocycles. The van der Waals surface area contributed by atoms with Gasteiger partial charge in [0.15, 0.2) is 0 Å². The van der Waals surface area contributed by atoms with E-state index in [2.05, 4.69) is 57.6 Å². The summed E-state index contributed by atoms with van der Waals surface area (Å²) >= 11 is 3.43. The Morgan fingerprint density at radius 1 is 0.842 bits per heavy atom. The first-order valence-corrected chi connectivity index (χ1v) is 7.21. The molecule has 3 heteroatoms. The van der Waals surface area contributed by atoms with E-state index in [1.54, 1.807) is 0 Å². The van der Waals surface area contributed by atoms with Crippen LogP contribution in [0.5, 0.6) is 0 Å². The van der Waals surface area contributed by atoms with Gasteiger partial charge in [-0.05, 0) is 41.8 Å². The fraction of sp³-hybridized carbons (Fsp3) is 0.250. The standard InChI is InChI=1S/C16H18BrNO/c17-16-7-5-14(6-8-16)11-18-10-9-13-1-3-15(12-19)4-2-13/h1-8,18-19H,9-12H2. The number of rotatable bonds is 6. The summed E-state index contributed by atoms with van der Waals surface area (Å²) in [5, 5.41) is 12.4. The van der Waals surface area contributed by atoms with Crippen molar-refractivity contribution in [3.8, 4) is 0 Å². The summed E-state index contributed by atoms with van der Waals surface area (Å²) in [4.78, 5) is 0. The summed E-state index contributed by atoms with van der Waals surface area (Å²) < 4.78 is 1.11. The molecule has 2 rings (SSSR count). The maximum Gasteiger partial charge on any atom is 0.0681 e. The molecule has 0 aliphatic rings. The number of benzene rings is 2. The quantitative estimate of drug-likeness (QED) is 0.801. The highest BCUT2D eigenvalue weighted by Crippen LogP contribution is 2.10. The molecule has 0 radical (unpaired) electrons. The van der Waals surface area contributed by atoms with Gasteiger partial charge in [-0.25, -0.2) is 0 Å². The van der Waals surface area contributed by atoms with Gasteiger partial charge in [0.25, 0.3) is 0 Å². The molecule has 0 atom stereocenters. The molecule has 2 aromatic carbocycles. The lowest BCUT2D eigenvalue weighted by Crippen LogP contribution is -2.16. The van der Waals surface area contributed by atoms with Crippen LogP contribution in [0.15, 0.2) is 53.0 Å². The molecule has 19 heavy (non-hydrogen) atoms. The Labute approximate surface area is 122 Å². The summed E-state index contributed by atoms with van der Waals surface area (Å²) in [5.74, 6) is 0. The molecule has 2 N–H and O–H groups in total. The fourth-order valence-electron chi connectivity index (χ4n) is 1.88. The third kappa shape index (κ3) is 4.78. The Hall–Kier alpha value is -1.16. The SMILES string of the molecule is OCc1ccc(CCNCc2ccc(Br)cc2)cc1. The molecule has 0 aliphatic carbocycles. The van der Waals surface area contributed by atoms with E-state index < -0.39 is 0 Å². The first-order chi connectivity index (χ1) is 9.28. The third-order valence-corrected chi connectivity index (χ3v) is 3.57. The second-order valence-corrected chi connectivity index (χ2v) is 5.44. The van der Waals surface area contributed by atoms with Crippen LogP contribution in [0.25, 0.3) is 0 Å². The van der Waals surface area contributed by atoms with Crippen LogP contribution < -0.4 is 5.32 Å². The lowest BCUT2D eigenvalue weighted by Gasteiger charge is -2.06. The molecule has 2 aromatic rings. The maximum atomic E-state index is 8.97. The average molecular weight is 320 g/mol. The molecule has 0 bridgehead atoms. The second-order valence-electron chi connectivity index (χ2n) is 4.53. The average Bonchev–Trinajstić information content (AvgIpc) is 2.46. The van der Waals surface area contributed by atoms with Gasteiger partial charge in [0.2, 0.25) is 0 Å². The molecule has 0 aliphatic heterocycles. The molecule has 0 fully saturated rings. The van der Waals surface area contributed by atoms with E-state index in [0.29, 0.717) is 0 Å². The summed E-state index contributed by atoms with van der Waals surface area (Å²) in [6.07, 6.45) is 1.00. The van der Waals surface area contributed by atoms with E-state index in [4.69, 9.17) is 5.11 Å². The lowest BCUT2D eigenvalue weighted by atomic mass is 10.1. The summed E-state index contributed by atoms with van der Waals surface area (Å²) in [5.41, 5.74) is 3.55. The zero-order chi connectivity index (χ0) is 13.5. The van der Waals surface area contributed by atoms with E-state index in [-0.39, 0.29) is 6.61 Å². The van der Waals surface area contributed by atoms with Crippen LogP contribution in [0.2, 0.25) is 0 Å². The first-order valence-electron chi connectivity index (χ1n) is 6.42. The predicted octanol–water partition coefficient (Wildman–Crippen LogP) is 3.27. The van der Waals surface area contributed by atoms with Crippen molar-refractivity contribution in [2.45, 2.75) is 19.6 Å². The van der Waals surface area contributed by atoms with Crippen LogP contribution in [-0.2, 0) is 19.6 Å². The van der Waals surface area contributed by atoms with E-state index in [1.807, 2.05) is 12.1 Å². The smallest absolute Gasteiger partial charge is 0.0681 e. The zero-order valence-corrected chi connectivity index (χ0v) is 12.4. The molecule has 0 aromatic heterocycles. The Kier molecular flexibility index (Phi) is 5.58. The molecular formula is C16H18BrNO. The van der Waals surface area contributed by atoms with Crippen LogP contribution >= 0.6 is 15.9 Å². The molecule has 0 spiro atoms. The largest absolute Gasteiger partial charge is 0.392 e. The van der Waals surface area contributed by atoms with Gasteiger partial charge in [0.1, 0.15) is 0 Å². The van der Waals surface area contributed by atoms with Crippen molar-refractivity contribution >= 4 is 15.9 Å². The van der Waals surface area contributed by atoms with Crippen molar-refractivity contribution in [3.05, 3.63) is 69.7 Å². The minimum atomic E-state index is 0.113. The van der Waals surface area contributed by atoms with E-state index in [9.17, 15) is 0 Å². The normalized spacial score (nSPS) is 10.6. The molecule has 0 heterocycles. The van der Waals surface area contributed by atoms with Crippen molar-refractivity contribution in [3.63, 3.8) is 0 Å². The number of nitrogens with one attached hydrogen (secondary N) is 1. The minimum Gasteiger partial charge on any atom is -0.392 e. The number of halogens is 1. The van der Waals surface area contributed by atoms with Gasteiger partial charge in [-0.3, -0.25) is 0 Å². The number of hydrogen-bond donors (Lipinski definition) is 2. The van der Waals surface area contributed by atoms with Crippen molar-refractivity contribution in [2.24, 2.45) is 0 Å².